The smallest absolute Gasteiger partial charge is 0.258 e. The fourth-order valence-electron chi connectivity index (χ4n) is 3.13. The molecule has 0 aliphatic carbocycles. The van der Waals surface area contributed by atoms with Gasteiger partial charge in [-0.3, -0.25) is 4.79 Å². The Labute approximate surface area is 118 Å². The number of nitrogens with one attached hydrogen (secondary N) is 1. The Morgan fingerprint density at radius 1 is 1.00 bits per heavy atom. The standard InChI is InChI=1S/C17H16N2O/c20-17-15-4-2-1-3-12(15)8-10-19(17)14-5-6-16-13(11-14)7-9-18-16/h1-6,11,18H,7-10H2. The lowest BCUT2D eigenvalue weighted by Gasteiger charge is -2.29. The minimum absolute atomic E-state index is 0.123. The quantitative estimate of drug-likeness (QED) is 0.859. The lowest BCUT2D eigenvalue weighted by atomic mass is 9.98. The number of fused-ring (bicyclic) bond motifs is 2. The largest absolute Gasteiger partial charge is 0.384 e. The molecule has 0 saturated carbocycles. The summed E-state index contributed by atoms with van der Waals surface area (Å²) in [6, 6.07) is 14.2. The highest BCUT2D eigenvalue weighted by molar-refractivity contribution is 6.08. The molecule has 2 aromatic rings. The van der Waals surface area contributed by atoms with E-state index < -0.39 is 0 Å². The summed E-state index contributed by atoms with van der Waals surface area (Å²) in [5, 5.41) is 3.35. The number of rotatable bonds is 1. The van der Waals surface area contributed by atoms with Crippen LogP contribution < -0.4 is 10.2 Å². The Morgan fingerprint density at radius 3 is 2.85 bits per heavy atom. The van der Waals surface area contributed by atoms with E-state index in [0.29, 0.717) is 0 Å². The Kier molecular flexibility index (Phi) is 2.52. The van der Waals surface area contributed by atoms with Crippen molar-refractivity contribution in [2.75, 3.05) is 23.3 Å². The van der Waals surface area contributed by atoms with Crippen LogP contribution in [0.1, 0.15) is 21.5 Å². The second-order valence-electron chi connectivity index (χ2n) is 5.38. The third kappa shape index (κ3) is 1.70. The number of anilines is 2. The van der Waals surface area contributed by atoms with Gasteiger partial charge in [-0.25, -0.2) is 0 Å². The predicted molar refractivity (Wildman–Crippen MR) is 80.5 cm³/mol. The first-order valence-electron chi connectivity index (χ1n) is 7.09. The molecule has 100 valence electrons. The van der Waals surface area contributed by atoms with Crippen molar-refractivity contribution >= 4 is 17.3 Å². The third-order valence-corrected chi connectivity index (χ3v) is 4.21. The van der Waals surface area contributed by atoms with Crippen molar-refractivity contribution in [1.29, 1.82) is 0 Å². The molecule has 3 nitrogen and oxygen atoms in total. The second kappa shape index (κ2) is 4.37. The highest BCUT2D eigenvalue weighted by Gasteiger charge is 2.25. The monoisotopic (exact) mass is 264 g/mol. The number of benzene rings is 2. The van der Waals surface area contributed by atoms with Crippen molar-refractivity contribution in [3.8, 4) is 0 Å². The molecule has 2 aliphatic heterocycles. The molecule has 0 fully saturated rings. The van der Waals surface area contributed by atoms with Gasteiger partial charge in [0.1, 0.15) is 0 Å². The van der Waals surface area contributed by atoms with Gasteiger partial charge in [0, 0.05) is 30.0 Å². The average Bonchev–Trinajstić information content (AvgIpc) is 2.95. The Balaban J connectivity index is 1.72. The fourth-order valence-corrected chi connectivity index (χ4v) is 3.13. The maximum atomic E-state index is 12.6. The van der Waals surface area contributed by atoms with E-state index in [9.17, 15) is 4.79 Å². The van der Waals surface area contributed by atoms with Gasteiger partial charge in [0.05, 0.1) is 0 Å². The van der Waals surface area contributed by atoms with E-state index in [4.69, 9.17) is 0 Å². The summed E-state index contributed by atoms with van der Waals surface area (Å²) in [6.45, 7) is 1.76. The molecule has 0 atom stereocenters. The molecule has 0 saturated heterocycles. The first-order valence-corrected chi connectivity index (χ1v) is 7.09. The Bertz CT molecular complexity index is 693. The summed E-state index contributed by atoms with van der Waals surface area (Å²) >= 11 is 0. The van der Waals surface area contributed by atoms with E-state index in [-0.39, 0.29) is 5.91 Å². The molecule has 2 heterocycles. The molecule has 0 radical (unpaired) electrons. The van der Waals surface area contributed by atoms with Gasteiger partial charge >= 0.3 is 0 Å². The molecular weight excluding hydrogens is 248 g/mol. The van der Waals surface area contributed by atoms with Crippen molar-refractivity contribution in [3.05, 3.63) is 59.2 Å². The van der Waals surface area contributed by atoms with Gasteiger partial charge in [-0.15, -0.1) is 0 Å². The summed E-state index contributed by atoms with van der Waals surface area (Å²) in [5.74, 6) is 0.123. The van der Waals surface area contributed by atoms with Crippen LogP contribution in [-0.2, 0) is 12.8 Å². The maximum absolute atomic E-state index is 12.6. The topological polar surface area (TPSA) is 32.3 Å². The van der Waals surface area contributed by atoms with Crippen molar-refractivity contribution in [2.45, 2.75) is 12.8 Å². The minimum atomic E-state index is 0.123. The molecular formula is C17H16N2O. The molecule has 1 amide bonds. The van der Waals surface area contributed by atoms with Gasteiger partial charge in [0.15, 0.2) is 0 Å². The minimum Gasteiger partial charge on any atom is -0.384 e. The number of carbonyl (C=O) groups excluding carboxylic acids is 1. The van der Waals surface area contributed by atoms with Crippen LogP contribution >= 0.6 is 0 Å². The van der Waals surface area contributed by atoms with Crippen LogP contribution in [0.25, 0.3) is 0 Å². The first kappa shape index (κ1) is 11.5. The van der Waals surface area contributed by atoms with E-state index in [2.05, 4.69) is 23.5 Å². The lowest BCUT2D eigenvalue weighted by molar-refractivity contribution is 0.0980. The molecule has 20 heavy (non-hydrogen) atoms. The van der Waals surface area contributed by atoms with Crippen molar-refractivity contribution in [2.24, 2.45) is 0 Å². The van der Waals surface area contributed by atoms with Gasteiger partial charge in [-0.2, -0.15) is 0 Å². The summed E-state index contributed by atoms with van der Waals surface area (Å²) in [7, 11) is 0. The molecule has 1 N–H and O–H groups in total. The zero-order valence-electron chi connectivity index (χ0n) is 11.2. The van der Waals surface area contributed by atoms with Gasteiger partial charge in [0.2, 0.25) is 0 Å². The van der Waals surface area contributed by atoms with Crippen LogP contribution in [0, 0.1) is 0 Å². The van der Waals surface area contributed by atoms with Gasteiger partial charge < -0.3 is 10.2 Å². The second-order valence-corrected chi connectivity index (χ2v) is 5.38. The molecule has 0 aromatic heterocycles. The van der Waals surface area contributed by atoms with Crippen LogP contribution in [0.3, 0.4) is 0 Å². The van der Waals surface area contributed by atoms with Crippen molar-refractivity contribution in [3.63, 3.8) is 0 Å². The normalized spacial score (nSPS) is 16.6. The third-order valence-electron chi connectivity index (χ3n) is 4.21. The van der Waals surface area contributed by atoms with Crippen LogP contribution in [0.5, 0.6) is 0 Å². The predicted octanol–water partition coefficient (Wildman–Crippen LogP) is 2.86. The molecule has 2 aromatic carbocycles. The highest BCUT2D eigenvalue weighted by Crippen LogP contribution is 2.30. The van der Waals surface area contributed by atoms with E-state index >= 15 is 0 Å². The molecule has 2 aliphatic rings. The Hall–Kier alpha value is -2.29. The zero-order valence-corrected chi connectivity index (χ0v) is 11.2. The van der Waals surface area contributed by atoms with Crippen LogP contribution in [0.4, 0.5) is 11.4 Å². The van der Waals surface area contributed by atoms with Gasteiger partial charge in [-0.1, -0.05) is 18.2 Å². The first-order chi connectivity index (χ1) is 9.83. The van der Waals surface area contributed by atoms with E-state index in [1.54, 1.807) is 0 Å². The van der Waals surface area contributed by atoms with E-state index in [0.717, 1.165) is 42.7 Å². The van der Waals surface area contributed by atoms with E-state index in [1.807, 2.05) is 29.2 Å². The van der Waals surface area contributed by atoms with E-state index in [1.165, 1.54) is 11.3 Å². The summed E-state index contributed by atoms with van der Waals surface area (Å²) in [5.41, 5.74) is 5.55. The molecule has 0 bridgehead atoms. The maximum Gasteiger partial charge on any atom is 0.258 e. The molecule has 4 rings (SSSR count). The van der Waals surface area contributed by atoms with Crippen LogP contribution in [0.2, 0.25) is 0 Å². The summed E-state index contributed by atoms with van der Waals surface area (Å²) < 4.78 is 0. The zero-order chi connectivity index (χ0) is 13.5. The SMILES string of the molecule is O=C1c2ccccc2CCN1c1ccc2c(c1)CCN2. The van der Waals surface area contributed by atoms with Crippen molar-refractivity contribution in [1.82, 2.24) is 0 Å². The summed E-state index contributed by atoms with van der Waals surface area (Å²) in [4.78, 5) is 14.5. The number of amides is 1. The summed E-state index contributed by atoms with van der Waals surface area (Å²) in [6.07, 6.45) is 1.97. The molecule has 0 unspecified atom stereocenters. The number of hydrogen-bond donors (Lipinski definition) is 1. The molecule has 3 heteroatoms. The van der Waals surface area contributed by atoms with Crippen molar-refractivity contribution < 1.29 is 4.79 Å². The number of carbonyl (C=O) groups is 1. The Morgan fingerprint density at radius 2 is 1.90 bits per heavy atom. The highest BCUT2D eigenvalue weighted by atomic mass is 16.2. The van der Waals surface area contributed by atoms with Crippen LogP contribution in [-0.4, -0.2) is 19.0 Å². The fraction of sp³-hybridized carbons (Fsp3) is 0.235. The number of hydrogen-bond acceptors (Lipinski definition) is 2. The van der Waals surface area contributed by atoms with Crippen LogP contribution in [0.15, 0.2) is 42.5 Å². The lowest BCUT2D eigenvalue weighted by Crippen LogP contribution is -2.37. The van der Waals surface area contributed by atoms with Gasteiger partial charge in [0.25, 0.3) is 5.91 Å². The number of nitrogens with zero attached hydrogens (tertiary/aromatic N) is 1. The average molecular weight is 264 g/mol. The molecule has 0 spiro atoms. The van der Waals surface area contributed by atoms with Gasteiger partial charge in [-0.05, 0) is 48.2 Å².